The first-order chi connectivity index (χ1) is 6.65. The maximum Gasteiger partial charge on any atom is 0.290 e. The van der Waals surface area contributed by atoms with Crippen LogP contribution in [0.5, 0.6) is 0 Å². The number of hydrogen-bond donors (Lipinski definition) is 1. The minimum atomic E-state index is -0.745. The summed E-state index contributed by atoms with van der Waals surface area (Å²) in [5.74, 6) is -2.40. The van der Waals surface area contributed by atoms with Crippen LogP contribution in [0.3, 0.4) is 0 Å². The van der Waals surface area contributed by atoms with Gasteiger partial charge in [-0.1, -0.05) is 12.2 Å². The van der Waals surface area contributed by atoms with Crippen LogP contribution in [0.15, 0.2) is 17.3 Å². The van der Waals surface area contributed by atoms with E-state index < -0.39 is 23.7 Å². The van der Waals surface area contributed by atoms with Gasteiger partial charge in [-0.3, -0.25) is 9.59 Å². The fourth-order valence-corrected chi connectivity index (χ4v) is 2.61. The number of rotatable bonds is 2. The molecule has 0 heterocycles. The minimum Gasteiger partial charge on any atom is -0.369 e. The molecule has 2 rings (SSSR count). The first kappa shape index (κ1) is 9.05. The Hall–Kier alpha value is -1.52. The zero-order valence-electron chi connectivity index (χ0n) is 7.42. The van der Waals surface area contributed by atoms with Gasteiger partial charge in [0.1, 0.15) is 0 Å². The third-order valence-corrected chi connectivity index (χ3v) is 3.16. The van der Waals surface area contributed by atoms with Crippen LogP contribution in [0, 0.1) is 28.6 Å². The van der Waals surface area contributed by atoms with E-state index in [2.05, 4.69) is 5.18 Å². The lowest BCUT2D eigenvalue weighted by Gasteiger charge is -2.21. The summed E-state index contributed by atoms with van der Waals surface area (Å²) in [4.78, 5) is 32.5. The van der Waals surface area contributed by atoms with Gasteiger partial charge in [0, 0.05) is 5.18 Å². The van der Waals surface area contributed by atoms with E-state index in [0.29, 0.717) is 0 Å². The van der Waals surface area contributed by atoms with E-state index in [9.17, 15) is 14.5 Å². The molecule has 1 fully saturated rings. The molecule has 0 aromatic heterocycles. The van der Waals surface area contributed by atoms with Gasteiger partial charge in [-0.15, -0.1) is 4.91 Å². The van der Waals surface area contributed by atoms with Crippen molar-refractivity contribution >= 4 is 11.8 Å². The summed E-state index contributed by atoms with van der Waals surface area (Å²) in [6, 6.07) is 0. The molecule has 2 aliphatic carbocycles. The molecular formula is C9H10N2O3. The molecular weight excluding hydrogens is 184 g/mol. The van der Waals surface area contributed by atoms with Crippen molar-refractivity contribution in [2.24, 2.45) is 34.6 Å². The van der Waals surface area contributed by atoms with Crippen molar-refractivity contribution in [2.75, 3.05) is 0 Å². The largest absolute Gasteiger partial charge is 0.369 e. The Labute approximate surface area is 80.3 Å². The monoisotopic (exact) mass is 194 g/mol. The first-order valence-corrected chi connectivity index (χ1v) is 4.50. The zero-order chi connectivity index (χ0) is 10.3. The lowest BCUT2D eigenvalue weighted by Crippen LogP contribution is -2.36. The molecule has 0 radical (unpaired) electrons. The number of nitrogens with two attached hydrogens (primary N) is 1. The summed E-state index contributed by atoms with van der Waals surface area (Å²) in [7, 11) is 0. The van der Waals surface area contributed by atoms with E-state index in [1.54, 1.807) is 0 Å². The average Bonchev–Trinajstić information content (AvgIpc) is 2.74. The van der Waals surface area contributed by atoms with E-state index in [1.807, 2.05) is 12.2 Å². The van der Waals surface area contributed by atoms with Crippen molar-refractivity contribution in [3.8, 4) is 0 Å². The minimum absolute atomic E-state index is 0.0215. The summed E-state index contributed by atoms with van der Waals surface area (Å²) in [6.07, 6.45) is 4.51. The fraction of sp³-hybridized carbons (Fsp3) is 0.556. The van der Waals surface area contributed by atoms with Crippen LogP contribution in [-0.2, 0) is 9.59 Å². The number of allylic oxidation sites excluding steroid dienone is 2. The number of carbonyl (C=O) groups excluding carboxylic acids is 2. The molecule has 2 N–H and O–H groups in total. The molecule has 14 heavy (non-hydrogen) atoms. The van der Waals surface area contributed by atoms with Crippen molar-refractivity contribution < 1.29 is 9.59 Å². The van der Waals surface area contributed by atoms with Crippen LogP contribution in [0.25, 0.3) is 0 Å². The van der Waals surface area contributed by atoms with Crippen LogP contribution >= 0.6 is 0 Å². The van der Waals surface area contributed by atoms with Crippen molar-refractivity contribution in [1.29, 1.82) is 0 Å². The SMILES string of the molecule is NC(=O)C1C2C=CC(C2)C1C(=O)N=O. The van der Waals surface area contributed by atoms with Crippen LogP contribution < -0.4 is 5.73 Å². The summed E-state index contributed by atoms with van der Waals surface area (Å²) < 4.78 is 0. The smallest absolute Gasteiger partial charge is 0.290 e. The summed E-state index contributed by atoms with van der Waals surface area (Å²) in [5.41, 5.74) is 5.20. The molecule has 0 saturated heterocycles. The van der Waals surface area contributed by atoms with Gasteiger partial charge in [0.15, 0.2) is 0 Å². The van der Waals surface area contributed by atoms with Gasteiger partial charge in [-0.2, -0.15) is 0 Å². The zero-order valence-corrected chi connectivity index (χ0v) is 7.42. The highest BCUT2D eigenvalue weighted by Gasteiger charge is 2.51. The molecule has 74 valence electrons. The first-order valence-electron chi connectivity index (χ1n) is 4.50. The van der Waals surface area contributed by atoms with Crippen molar-refractivity contribution in [3.63, 3.8) is 0 Å². The molecule has 5 nitrogen and oxygen atoms in total. The Bertz CT molecular complexity index is 337. The number of amides is 2. The number of nitrogens with zero attached hydrogens (tertiary/aromatic N) is 1. The van der Waals surface area contributed by atoms with Crippen LogP contribution in [0.2, 0.25) is 0 Å². The Kier molecular flexibility index (Phi) is 1.94. The molecule has 2 amide bonds. The van der Waals surface area contributed by atoms with Crippen LogP contribution in [0.1, 0.15) is 6.42 Å². The number of carbonyl (C=O) groups is 2. The average molecular weight is 194 g/mol. The van der Waals surface area contributed by atoms with Crippen molar-refractivity contribution in [1.82, 2.24) is 0 Å². The second-order valence-corrected chi connectivity index (χ2v) is 3.83. The van der Waals surface area contributed by atoms with E-state index in [0.717, 1.165) is 6.42 Å². The Morgan fingerprint density at radius 1 is 1.21 bits per heavy atom. The van der Waals surface area contributed by atoms with Crippen LogP contribution in [0.4, 0.5) is 0 Å². The topological polar surface area (TPSA) is 89.6 Å². The third kappa shape index (κ3) is 1.08. The van der Waals surface area contributed by atoms with Gasteiger partial charge < -0.3 is 5.73 Å². The lowest BCUT2D eigenvalue weighted by molar-refractivity contribution is -0.131. The second-order valence-electron chi connectivity index (χ2n) is 3.83. The molecule has 1 saturated carbocycles. The van der Waals surface area contributed by atoms with Gasteiger partial charge >= 0.3 is 0 Å². The predicted octanol–water partition coefficient (Wildman–Crippen LogP) is 0.203. The molecule has 0 aromatic rings. The number of hydrogen-bond acceptors (Lipinski definition) is 3. The maximum absolute atomic E-state index is 11.2. The Balaban J connectivity index is 2.31. The Morgan fingerprint density at radius 3 is 2.29 bits per heavy atom. The highest BCUT2D eigenvalue weighted by Crippen LogP contribution is 2.48. The van der Waals surface area contributed by atoms with E-state index >= 15 is 0 Å². The second kappa shape index (κ2) is 3.01. The van der Waals surface area contributed by atoms with Gasteiger partial charge in [-0.25, -0.2) is 0 Å². The molecule has 0 aromatic carbocycles. The molecule has 4 unspecified atom stereocenters. The quantitative estimate of drug-likeness (QED) is 0.503. The summed E-state index contributed by atoms with van der Waals surface area (Å²) in [5, 5.41) is 2.39. The standard InChI is InChI=1S/C9H10N2O3/c10-8(12)6-4-1-2-5(3-4)7(6)9(13)11-14/h1-2,4-7H,3H2,(H2,10,12). The van der Waals surface area contributed by atoms with Gasteiger partial charge in [0.2, 0.25) is 5.91 Å². The van der Waals surface area contributed by atoms with Crippen LogP contribution in [-0.4, -0.2) is 11.8 Å². The number of fused-ring (bicyclic) bond motifs is 2. The normalized spacial score (nSPS) is 38.6. The molecule has 5 heteroatoms. The van der Waals surface area contributed by atoms with E-state index in [4.69, 9.17) is 5.73 Å². The number of nitroso groups, excluding NO2 is 1. The predicted molar refractivity (Wildman–Crippen MR) is 47.7 cm³/mol. The third-order valence-electron chi connectivity index (χ3n) is 3.16. The number of primary amides is 1. The molecule has 0 spiro atoms. The molecule has 4 atom stereocenters. The van der Waals surface area contributed by atoms with Crippen molar-refractivity contribution in [3.05, 3.63) is 17.1 Å². The fourth-order valence-electron chi connectivity index (χ4n) is 2.61. The summed E-state index contributed by atoms with van der Waals surface area (Å²) in [6.45, 7) is 0. The lowest BCUT2D eigenvalue weighted by atomic mass is 9.82. The highest BCUT2D eigenvalue weighted by atomic mass is 16.3. The van der Waals surface area contributed by atoms with E-state index in [-0.39, 0.29) is 11.8 Å². The van der Waals surface area contributed by atoms with Gasteiger partial charge in [0.05, 0.1) is 11.8 Å². The molecule has 2 aliphatic rings. The van der Waals surface area contributed by atoms with E-state index in [1.165, 1.54) is 0 Å². The van der Waals surface area contributed by atoms with Crippen molar-refractivity contribution in [2.45, 2.75) is 6.42 Å². The molecule has 2 bridgehead atoms. The Morgan fingerprint density at radius 2 is 1.79 bits per heavy atom. The van der Waals surface area contributed by atoms with Gasteiger partial charge in [-0.05, 0) is 18.3 Å². The maximum atomic E-state index is 11.2. The highest BCUT2D eigenvalue weighted by molar-refractivity contribution is 5.89. The summed E-state index contributed by atoms with van der Waals surface area (Å²) >= 11 is 0. The van der Waals surface area contributed by atoms with Gasteiger partial charge in [0.25, 0.3) is 5.91 Å². The molecule has 0 aliphatic heterocycles.